The first-order chi connectivity index (χ1) is 10.1. The summed E-state index contributed by atoms with van der Waals surface area (Å²) in [5.41, 5.74) is 1.18. The van der Waals surface area contributed by atoms with Crippen LogP contribution < -0.4 is 5.32 Å². The predicted octanol–water partition coefficient (Wildman–Crippen LogP) is 4.38. The lowest BCUT2D eigenvalue weighted by molar-refractivity contribution is -0.120. The fourth-order valence-electron chi connectivity index (χ4n) is 1.79. The number of halogens is 1. The molecule has 0 spiro atoms. The molecule has 0 bridgehead atoms. The van der Waals surface area contributed by atoms with Crippen LogP contribution in [0.4, 0.5) is 0 Å². The molecule has 0 aliphatic carbocycles. The topological polar surface area (TPSA) is 29.1 Å². The number of carbonyl (C=O) groups is 1. The summed E-state index contributed by atoms with van der Waals surface area (Å²) in [5.74, 6) is 0.918. The monoisotopic (exact) mass is 339 g/mol. The number of thiophene rings is 1. The maximum Gasteiger partial charge on any atom is 0.232 e. The lowest BCUT2D eigenvalue weighted by atomic mass is 10.2. The highest BCUT2D eigenvalue weighted by Crippen LogP contribution is 2.19. The maximum absolute atomic E-state index is 12.0. The Morgan fingerprint density at radius 1 is 1.33 bits per heavy atom. The van der Waals surface area contributed by atoms with E-state index >= 15 is 0 Å². The number of amides is 1. The quantitative estimate of drug-likeness (QED) is 0.811. The van der Waals surface area contributed by atoms with E-state index in [1.54, 1.807) is 23.1 Å². The van der Waals surface area contributed by atoms with E-state index in [0.29, 0.717) is 6.54 Å². The molecule has 0 saturated carbocycles. The number of rotatable bonds is 7. The molecule has 1 aromatic heterocycles. The molecule has 0 aliphatic heterocycles. The van der Waals surface area contributed by atoms with Crippen molar-refractivity contribution in [2.45, 2.75) is 24.3 Å². The third-order valence-electron chi connectivity index (χ3n) is 3.03. The first-order valence-corrected chi connectivity index (χ1v) is 9.12. The molecule has 5 heteroatoms. The van der Waals surface area contributed by atoms with Gasteiger partial charge in [-0.2, -0.15) is 0 Å². The molecule has 1 atom stereocenters. The zero-order chi connectivity index (χ0) is 15.1. The van der Waals surface area contributed by atoms with Gasteiger partial charge in [0.05, 0.1) is 5.25 Å². The van der Waals surface area contributed by atoms with Crippen molar-refractivity contribution in [2.24, 2.45) is 0 Å². The summed E-state index contributed by atoms with van der Waals surface area (Å²) in [5, 5.41) is 5.74. The molecule has 2 rings (SSSR count). The van der Waals surface area contributed by atoms with Gasteiger partial charge in [0.15, 0.2) is 0 Å². The van der Waals surface area contributed by atoms with Crippen molar-refractivity contribution in [3.63, 3.8) is 0 Å². The van der Waals surface area contributed by atoms with Crippen molar-refractivity contribution < 1.29 is 4.79 Å². The minimum absolute atomic E-state index is 0.0518. The van der Waals surface area contributed by atoms with Gasteiger partial charge < -0.3 is 5.32 Å². The van der Waals surface area contributed by atoms with Gasteiger partial charge in [-0.15, -0.1) is 23.1 Å². The summed E-state index contributed by atoms with van der Waals surface area (Å²) in [6, 6.07) is 11.9. The smallest absolute Gasteiger partial charge is 0.232 e. The second kappa shape index (κ2) is 8.47. The Balaban J connectivity index is 1.68. The Morgan fingerprint density at radius 2 is 2.10 bits per heavy atom. The average molecular weight is 340 g/mol. The highest BCUT2D eigenvalue weighted by Gasteiger charge is 2.12. The van der Waals surface area contributed by atoms with Crippen LogP contribution in [0.1, 0.15) is 17.4 Å². The number of hydrogen-bond donors (Lipinski definition) is 1. The summed E-state index contributed by atoms with van der Waals surface area (Å²) in [6.45, 7) is 2.65. The molecule has 21 heavy (non-hydrogen) atoms. The number of carbonyl (C=O) groups excluding carboxylic acids is 1. The average Bonchev–Trinajstić information content (AvgIpc) is 2.99. The molecule has 1 amide bonds. The van der Waals surface area contributed by atoms with Crippen LogP contribution in [0, 0.1) is 0 Å². The van der Waals surface area contributed by atoms with Gasteiger partial charge in [0.25, 0.3) is 0 Å². The van der Waals surface area contributed by atoms with Gasteiger partial charge in [0.1, 0.15) is 0 Å². The van der Waals surface area contributed by atoms with E-state index in [4.69, 9.17) is 11.6 Å². The minimum Gasteiger partial charge on any atom is -0.355 e. The van der Waals surface area contributed by atoms with Crippen molar-refractivity contribution in [3.8, 4) is 0 Å². The molecule has 2 nitrogen and oxygen atoms in total. The predicted molar refractivity (Wildman–Crippen MR) is 93.2 cm³/mol. The standard InChI is InChI=1S/C16H18ClNOS2/c1-12(21-11-13-4-6-14(17)7-5-13)16(19)18-9-8-15-3-2-10-20-15/h2-7,10,12H,8-9,11H2,1H3,(H,18,19)/t12-/m1/s1. The van der Waals surface area contributed by atoms with Crippen molar-refractivity contribution in [1.29, 1.82) is 0 Å². The summed E-state index contributed by atoms with van der Waals surface area (Å²) in [4.78, 5) is 13.3. The Bertz CT molecular complexity index is 554. The number of hydrogen-bond acceptors (Lipinski definition) is 3. The first-order valence-electron chi connectivity index (χ1n) is 6.81. The molecule has 2 aromatic rings. The third-order valence-corrected chi connectivity index (χ3v) is 5.44. The van der Waals surface area contributed by atoms with Crippen LogP contribution in [-0.2, 0) is 17.0 Å². The zero-order valence-corrected chi connectivity index (χ0v) is 14.2. The molecular formula is C16H18ClNOS2. The molecule has 0 unspecified atom stereocenters. The maximum atomic E-state index is 12.0. The van der Waals surface area contributed by atoms with Crippen LogP contribution in [0.3, 0.4) is 0 Å². The molecule has 1 aromatic carbocycles. The lowest BCUT2D eigenvalue weighted by Gasteiger charge is -2.11. The zero-order valence-electron chi connectivity index (χ0n) is 11.8. The van der Waals surface area contributed by atoms with Crippen LogP contribution >= 0.6 is 34.7 Å². The van der Waals surface area contributed by atoms with E-state index in [1.165, 1.54) is 10.4 Å². The Hall–Kier alpha value is -0.970. The molecule has 0 radical (unpaired) electrons. The first kappa shape index (κ1) is 16.4. The van der Waals surface area contributed by atoms with Gasteiger partial charge in [0, 0.05) is 22.2 Å². The largest absolute Gasteiger partial charge is 0.355 e. The van der Waals surface area contributed by atoms with Crippen molar-refractivity contribution >= 4 is 40.6 Å². The van der Waals surface area contributed by atoms with Crippen molar-refractivity contribution in [2.75, 3.05) is 6.54 Å². The minimum atomic E-state index is -0.0518. The SMILES string of the molecule is C[C@@H](SCc1ccc(Cl)cc1)C(=O)NCCc1cccs1. The molecule has 0 saturated heterocycles. The second-order valence-corrected chi connectivity index (χ2v) is 7.50. The van der Waals surface area contributed by atoms with Gasteiger partial charge in [-0.3, -0.25) is 4.79 Å². The highest BCUT2D eigenvalue weighted by molar-refractivity contribution is 7.99. The van der Waals surface area contributed by atoms with E-state index in [0.717, 1.165) is 17.2 Å². The third kappa shape index (κ3) is 5.73. The summed E-state index contributed by atoms with van der Waals surface area (Å²) in [7, 11) is 0. The van der Waals surface area contributed by atoms with Crippen LogP contribution in [0.15, 0.2) is 41.8 Å². The summed E-state index contributed by atoms with van der Waals surface area (Å²) >= 11 is 9.22. The van der Waals surface area contributed by atoms with Crippen molar-refractivity contribution in [1.82, 2.24) is 5.32 Å². The number of nitrogens with one attached hydrogen (secondary N) is 1. The molecule has 112 valence electrons. The highest BCUT2D eigenvalue weighted by atomic mass is 35.5. The van der Waals surface area contributed by atoms with Crippen LogP contribution in [0.2, 0.25) is 5.02 Å². The van der Waals surface area contributed by atoms with Gasteiger partial charge in [0.2, 0.25) is 5.91 Å². The molecule has 0 aliphatic rings. The number of thioether (sulfide) groups is 1. The van der Waals surface area contributed by atoms with Crippen molar-refractivity contribution in [3.05, 3.63) is 57.2 Å². The van der Waals surface area contributed by atoms with E-state index in [1.807, 2.05) is 37.3 Å². The van der Waals surface area contributed by atoms with Crippen LogP contribution in [0.25, 0.3) is 0 Å². The van der Waals surface area contributed by atoms with Gasteiger partial charge in [-0.25, -0.2) is 0 Å². The van der Waals surface area contributed by atoms with Gasteiger partial charge in [-0.1, -0.05) is 29.8 Å². The van der Waals surface area contributed by atoms with E-state index in [2.05, 4.69) is 16.8 Å². The lowest BCUT2D eigenvalue weighted by Crippen LogP contribution is -2.32. The van der Waals surface area contributed by atoms with Crippen LogP contribution in [0.5, 0.6) is 0 Å². The van der Waals surface area contributed by atoms with Gasteiger partial charge in [-0.05, 0) is 42.5 Å². The van der Waals surface area contributed by atoms with Gasteiger partial charge >= 0.3 is 0 Å². The molecule has 1 heterocycles. The van der Waals surface area contributed by atoms with E-state index < -0.39 is 0 Å². The fourth-order valence-corrected chi connectivity index (χ4v) is 3.49. The van der Waals surface area contributed by atoms with E-state index in [-0.39, 0.29) is 11.2 Å². The summed E-state index contributed by atoms with van der Waals surface area (Å²) in [6.07, 6.45) is 0.901. The Kier molecular flexibility index (Phi) is 6.61. The normalized spacial score (nSPS) is 12.1. The van der Waals surface area contributed by atoms with E-state index in [9.17, 15) is 4.79 Å². The Morgan fingerprint density at radius 3 is 2.76 bits per heavy atom. The van der Waals surface area contributed by atoms with Crippen LogP contribution in [-0.4, -0.2) is 17.7 Å². The molecule has 1 N–H and O–H groups in total. The molecular weight excluding hydrogens is 322 g/mol. The Labute approximate surface area is 138 Å². The molecule has 0 fully saturated rings. The number of benzene rings is 1. The second-order valence-electron chi connectivity index (χ2n) is 4.70. The fraction of sp³-hybridized carbons (Fsp3) is 0.312. The summed E-state index contributed by atoms with van der Waals surface area (Å²) < 4.78 is 0.